The predicted octanol–water partition coefficient (Wildman–Crippen LogP) is 3.07. The quantitative estimate of drug-likeness (QED) is 0.513. The van der Waals surface area contributed by atoms with Gasteiger partial charge in [-0.25, -0.2) is 0 Å². The number of halogens is 2. The molecule has 1 saturated carbocycles. The van der Waals surface area contributed by atoms with Gasteiger partial charge >= 0.3 is 0 Å². The first-order valence-corrected chi connectivity index (χ1v) is 4.24. The Bertz CT molecular complexity index is 107. The minimum absolute atomic E-state index is 0.272. The first-order valence-electron chi connectivity index (χ1n) is 2.65. The van der Waals surface area contributed by atoms with Crippen LogP contribution in [0.5, 0.6) is 0 Å². The molecule has 0 N–H and O–H groups in total. The summed E-state index contributed by atoms with van der Waals surface area (Å²) in [4.78, 5) is 0. The summed E-state index contributed by atoms with van der Waals surface area (Å²) in [5, 5.41) is 0. The van der Waals surface area contributed by atoms with E-state index in [2.05, 4.69) is 38.4 Å². The molecule has 0 aliphatic heterocycles. The smallest absolute Gasteiger partial charge is 0.0840 e. The van der Waals surface area contributed by atoms with E-state index < -0.39 is 0 Å². The Kier molecular flexibility index (Phi) is 1.83. The van der Waals surface area contributed by atoms with Crippen molar-refractivity contribution in [1.29, 1.82) is 0 Å². The van der Waals surface area contributed by atoms with Crippen LogP contribution in [0.1, 0.15) is 12.8 Å². The van der Waals surface area contributed by atoms with Crippen molar-refractivity contribution in [1.82, 2.24) is 0 Å². The summed E-state index contributed by atoms with van der Waals surface area (Å²) in [6.45, 7) is 3.66. The van der Waals surface area contributed by atoms with Crippen LogP contribution in [0.25, 0.3) is 0 Å². The van der Waals surface area contributed by atoms with Gasteiger partial charge in [-0.1, -0.05) is 37.9 Å². The Labute approximate surface area is 66.6 Å². The lowest BCUT2D eigenvalue weighted by atomic mass is 10.3. The maximum absolute atomic E-state index is 3.66. The van der Waals surface area contributed by atoms with Crippen molar-refractivity contribution in [3.63, 3.8) is 0 Å². The van der Waals surface area contributed by atoms with Crippen molar-refractivity contribution in [3.05, 3.63) is 12.7 Å². The second-order valence-electron chi connectivity index (χ2n) is 2.19. The summed E-state index contributed by atoms with van der Waals surface area (Å²) in [5.74, 6) is 0.778. The van der Waals surface area contributed by atoms with Crippen molar-refractivity contribution in [2.75, 3.05) is 0 Å². The Hall–Kier alpha value is 0.700. The number of alkyl halides is 2. The van der Waals surface area contributed by atoms with Gasteiger partial charge in [0.25, 0.3) is 0 Å². The standard InChI is InChI=1S/C6H8Br2/c1-2-3-5-4-6(5,7)8/h2,5H,1,3-4H2. The van der Waals surface area contributed by atoms with Gasteiger partial charge in [-0.15, -0.1) is 6.58 Å². The van der Waals surface area contributed by atoms with Crippen molar-refractivity contribution in [3.8, 4) is 0 Å². The largest absolute Gasteiger partial charge is 0.103 e. The fraction of sp³-hybridized carbons (Fsp3) is 0.667. The van der Waals surface area contributed by atoms with Crippen LogP contribution in [0.3, 0.4) is 0 Å². The topological polar surface area (TPSA) is 0 Å². The molecular weight excluding hydrogens is 232 g/mol. The Morgan fingerprint density at radius 1 is 1.75 bits per heavy atom. The minimum Gasteiger partial charge on any atom is -0.103 e. The van der Waals surface area contributed by atoms with Gasteiger partial charge in [0, 0.05) is 0 Å². The van der Waals surface area contributed by atoms with Gasteiger partial charge in [0.2, 0.25) is 0 Å². The molecule has 2 heteroatoms. The average molecular weight is 240 g/mol. The van der Waals surface area contributed by atoms with Crippen LogP contribution in [-0.2, 0) is 0 Å². The van der Waals surface area contributed by atoms with Crippen LogP contribution in [0.2, 0.25) is 0 Å². The van der Waals surface area contributed by atoms with Gasteiger partial charge < -0.3 is 0 Å². The molecule has 0 heterocycles. The molecule has 0 aromatic heterocycles. The fourth-order valence-corrected chi connectivity index (χ4v) is 1.88. The van der Waals surface area contributed by atoms with Crippen molar-refractivity contribution in [2.24, 2.45) is 5.92 Å². The third-order valence-corrected chi connectivity index (χ3v) is 3.35. The van der Waals surface area contributed by atoms with Crippen molar-refractivity contribution < 1.29 is 0 Å². The van der Waals surface area contributed by atoms with E-state index in [-0.39, 0.29) is 3.23 Å². The molecule has 46 valence electrons. The zero-order valence-electron chi connectivity index (χ0n) is 4.53. The number of hydrogen-bond acceptors (Lipinski definition) is 0. The molecule has 0 aromatic rings. The Morgan fingerprint density at radius 3 is 2.38 bits per heavy atom. The van der Waals surface area contributed by atoms with Crippen molar-refractivity contribution in [2.45, 2.75) is 16.1 Å². The van der Waals surface area contributed by atoms with Gasteiger partial charge in [-0.05, 0) is 18.8 Å². The molecule has 0 nitrogen and oxygen atoms in total. The lowest BCUT2D eigenvalue weighted by Gasteiger charge is -1.92. The zero-order chi connectivity index (χ0) is 6.20. The third-order valence-electron chi connectivity index (χ3n) is 1.41. The maximum Gasteiger partial charge on any atom is 0.0840 e. The monoisotopic (exact) mass is 238 g/mol. The lowest BCUT2D eigenvalue weighted by Crippen LogP contribution is -1.84. The van der Waals surface area contributed by atoms with E-state index in [0.29, 0.717) is 0 Å². The predicted molar refractivity (Wildman–Crippen MR) is 43.5 cm³/mol. The summed E-state index contributed by atoms with van der Waals surface area (Å²) < 4.78 is 0.272. The van der Waals surface area contributed by atoms with Gasteiger partial charge in [0.05, 0.1) is 3.23 Å². The van der Waals surface area contributed by atoms with E-state index >= 15 is 0 Å². The van der Waals surface area contributed by atoms with E-state index in [1.165, 1.54) is 6.42 Å². The van der Waals surface area contributed by atoms with E-state index in [4.69, 9.17) is 0 Å². The molecule has 1 fully saturated rings. The molecule has 1 unspecified atom stereocenters. The van der Waals surface area contributed by atoms with Crippen LogP contribution in [0.4, 0.5) is 0 Å². The number of rotatable bonds is 2. The molecule has 0 spiro atoms. The van der Waals surface area contributed by atoms with Crippen LogP contribution in [0.15, 0.2) is 12.7 Å². The molecule has 8 heavy (non-hydrogen) atoms. The Balaban J connectivity index is 2.26. The lowest BCUT2D eigenvalue weighted by molar-refractivity contribution is 0.863. The highest BCUT2D eigenvalue weighted by molar-refractivity contribution is 9.25. The van der Waals surface area contributed by atoms with Gasteiger partial charge in [0.15, 0.2) is 0 Å². The van der Waals surface area contributed by atoms with Gasteiger partial charge in [-0.2, -0.15) is 0 Å². The summed E-state index contributed by atoms with van der Waals surface area (Å²) in [7, 11) is 0. The van der Waals surface area contributed by atoms with Crippen LogP contribution < -0.4 is 0 Å². The fourth-order valence-electron chi connectivity index (χ4n) is 0.727. The van der Waals surface area contributed by atoms with Crippen LogP contribution >= 0.6 is 31.9 Å². The SMILES string of the molecule is C=CCC1CC1(Br)Br. The zero-order valence-corrected chi connectivity index (χ0v) is 7.70. The molecule has 0 radical (unpaired) electrons. The summed E-state index contributed by atoms with van der Waals surface area (Å²) in [6, 6.07) is 0. The van der Waals surface area contributed by atoms with E-state index in [1.807, 2.05) is 6.08 Å². The molecule has 1 atom stereocenters. The maximum atomic E-state index is 3.66. The van der Waals surface area contributed by atoms with E-state index in [1.54, 1.807) is 0 Å². The highest BCUT2D eigenvalue weighted by atomic mass is 79.9. The summed E-state index contributed by atoms with van der Waals surface area (Å²) in [5.41, 5.74) is 0. The highest BCUT2D eigenvalue weighted by Gasteiger charge is 2.48. The highest BCUT2D eigenvalue weighted by Crippen LogP contribution is 2.57. The Morgan fingerprint density at radius 2 is 2.25 bits per heavy atom. The van der Waals surface area contributed by atoms with Crippen LogP contribution in [-0.4, -0.2) is 3.23 Å². The molecule has 0 bridgehead atoms. The number of allylic oxidation sites excluding steroid dienone is 1. The molecule has 1 aliphatic carbocycles. The first kappa shape index (κ1) is 6.81. The first-order chi connectivity index (χ1) is 3.67. The van der Waals surface area contributed by atoms with E-state index in [0.717, 1.165) is 12.3 Å². The normalized spacial score (nSPS) is 32.0. The number of hydrogen-bond donors (Lipinski definition) is 0. The summed E-state index contributed by atoms with van der Waals surface area (Å²) in [6.07, 6.45) is 4.32. The molecular formula is C6H8Br2. The summed E-state index contributed by atoms with van der Waals surface area (Å²) >= 11 is 7.04. The molecule has 0 saturated heterocycles. The second-order valence-corrected chi connectivity index (χ2v) is 6.08. The third kappa shape index (κ3) is 1.35. The second kappa shape index (κ2) is 2.14. The molecule has 1 aliphatic rings. The molecule has 1 rings (SSSR count). The van der Waals surface area contributed by atoms with Crippen LogP contribution in [0, 0.1) is 5.92 Å². The van der Waals surface area contributed by atoms with Crippen molar-refractivity contribution >= 4 is 31.9 Å². The minimum atomic E-state index is 0.272. The molecule has 0 aromatic carbocycles. The van der Waals surface area contributed by atoms with Gasteiger partial charge in [-0.3, -0.25) is 0 Å². The van der Waals surface area contributed by atoms with E-state index in [9.17, 15) is 0 Å². The average Bonchev–Trinajstić information content (AvgIpc) is 2.15. The molecule has 0 amide bonds. The van der Waals surface area contributed by atoms with Gasteiger partial charge in [0.1, 0.15) is 0 Å².